The van der Waals surface area contributed by atoms with Crippen LogP contribution in [0.5, 0.6) is 5.75 Å². The number of nitrogens with zero attached hydrogens (tertiary/aromatic N) is 6. The van der Waals surface area contributed by atoms with Gasteiger partial charge in [-0.1, -0.05) is 42.5 Å². The van der Waals surface area contributed by atoms with Crippen LogP contribution in [0.2, 0.25) is 0 Å². The fraction of sp³-hybridized carbons (Fsp3) is 0.0968. The fourth-order valence-corrected chi connectivity index (χ4v) is 5.31. The van der Waals surface area contributed by atoms with E-state index >= 15 is 0 Å². The molecule has 0 saturated heterocycles. The van der Waals surface area contributed by atoms with E-state index in [4.69, 9.17) is 15.1 Å². The van der Waals surface area contributed by atoms with E-state index < -0.39 is 0 Å². The molecule has 0 aliphatic carbocycles. The molecule has 8 heteroatoms. The number of phenolic OH excluding ortho intramolecular Hbond substituents is 1. The molecular weight excluding hydrogens is 486 g/mol. The van der Waals surface area contributed by atoms with Crippen LogP contribution in [0.4, 0.5) is 22.9 Å². The molecule has 0 fully saturated rings. The van der Waals surface area contributed by atoms with Crippen LogP contribution in [0.3, 0.4) is 0 Å². The van der Waals surface area contributed by atoms with E-state index in [1.807, 2.05) is 67.6 Å². The quantitative estimate of drug-likeness (QED) is 0.293. The van der Waals surface area contributed by atoms with Crippen LogP contribution in [0.1, 0.15) is 28.4 Å². The van der Waals surface area contributed by atoms with Gasteiger partial charge in [0, 0.05) is 17.4 Å². The summed E-state index contributed by atoms with van der Waals surface area (Å²) in [6.07, 6.45) is 1.75. The largest absolute Gasteiger partial charge is 0.508 e. The molecule has 0 radical (unpaired) electrons. The SMILES string of the molecule is Cc1cccc(NC2=Nc3ccccc3N3C2=Nc2c(c(C)nn2-c2ccccn2)C3c2cccc(O)c2)c1. The summed E-state index contributed by atoms with van der Waals surface area (Å²) in [5.41, 5.74) is 6.51. The fourth-order valence-electron chi connectivity index (χ4n) is 5.31. The summed E-state index contributed by atoms with van der Waals surface area (Å²) in [5.74, 6) is 2.85. The number of fused-ring (bicyclic) bond motifs is 4. The molecule has 7 rings (SSSR count). The van der Waals surface area contributed by atoms with Crippen molar-refractivity contribution in [2.75, 3.05) is 10.2 Å². The number of hydrogen-bond donors (Lipinski definition) is 2. The number of rotatable bonds is 3. The van der Waals surface area contributed by atoms with Gasteiger partial charge in [-0.15, -0.1) is 0 Å². The Morgan fingerprint density at radius 3 is 2.51 bits per heavy atom. The number of aliphatic imine (C=N–C) groups is 2. The number of hydrogen-bond acceptors (Lipinski definition) is 7. The Balaban J connectivity index is 1.51. The van der Waals surface area contributed by atoms with Gasteiger partial charge in [-0.25, -0.2) is 15.0 Å². The van der Waals surface area contributed by atoms with Crippen molar-refractivity contribution in [3.8, 4) is 11.6 Å². The van der Waals surface area contributed by atoms with Crippen LogP contribution >= 0.6 is 0 Å². The zero-order chi connectivity index (χ0) is 26.5. The molecule has 8 nitrogen and oxygen atoms in total. The van der Waals surface area contributed by atoms with Gasteiger partial charge in [0.15, 0.2) is 23.3 Å². The molecule has 190 valence electrons. The predicted molar refractivity (Wildman–Crippen MR) is 154 cm³/mol. The Morgan fingerprint density at radius 1 is 0.846 bits per heavy atom. The number of para-hydroxylation sites is 2. The minimum atomic E-state index is -0.317. The maximum atomic E-state index is 10.5. The minimum absolute atomic E-state index is 0.199. The maximum Gasteiger partial charge on any atom is 0.179 e. The highest BCUT2D eigenvalue weighted by Gasteiger charge is 2.41. The van der Waals surface area contributed by atoms with E-state index in [2.05, 4.69) is 40.3 Å². The first-order chi connectivity index (χ1) is 19.1. The molecule has 2 aliphatic rings. The number of amidine groups is 2. The van der Waals surface area contributed by atoms with E-state index in [1.54, 1.807) is 23.0 Å². The highest BCUT2D eigenvalue weighted by Crippen LogP contribution is 2.48. The Labute approximate surface area is 225 Å². The number of nitrogens with one attached hydrogen (secondary N) is 1. The molecule has 0 amide bonds. The average molecular weight is 512 g/mol. The summed E-state index contributed by atoms with van der Waals surface area (Å²) >= 11 is 0. The molecule has 39 heavy (non-hydrogen) atoms. The van der Waals surface area contributed by atoms with Crippen molar-refractivity contribution in [3.63, 3.8) is 0 Å². The van der Waals surface area contributed by atoms with Crippen molar-refractivity contribution in [3.05, 3.63) is 120 Å². The lowest BCUT2D eigenvalue weighted by Crippen LogP contribution is -2.46. The summed E-state index contributed by atoms with van der Waals surface area (Å²) in [6, 6.07) is 29.0. The molecular formula is C31H25N7O. The second-order valence-corrected chi connectivity index (χ2v) is 9.67. The normalized spacial score (nSPS) is 15.5. The monoisotopic (exact) mass is 511 g/mol. The summed E-state index contributed by atoms with van der Waals surface area (Å²) in [6.45, 7) is 4.05. The maximum absolute atomic E-state index is 10.5. The lowest BCUT2D eigenvalue weighted by molar-refractivity contribution is 0.474. The third-order valence-electron chi connectivity index (χ3n) is 6.97. The molecule has 2 aromatic heterocycles. The number of pyridine rings is 1. The average Bonchev–Trinajstić information content (AvgIpc) is 3.28. The molecule has 3 aromatic carbocycles. The third-order valence-corrected chi connectivity index (χ3v) is 6.97. The first-order valence-corrected chi connectivity index (χ1v) is 12.8. The van der Waals surface area contributed by atoms with E-state index in [1.165, 1.54) is 0 Å². The molecule has 2 aliphatic heterocycles. The molecule has 1 atom stereocenters. The van der Waals surface area contributed by atoms with Gasteiger partial charge < -0.3 is 15.3 Å². The first-order valence-electron chi connectivity index (χ1n) is 12.8. The number of aryl methyl sites for hydroxylation is 2. The Hall–Kier alpha value is -5.24. The lowest BCUT2D eigenvalue weighted by atomic mass is 9.93. The molecule has 0 spiro atoms. The van der Waals surface area contributed by atoms with Crippen LogP contribution < -0.4 is 10.2 Å². The summed E-state index contributed by atoms with van der Waals surface area (Å²) in [5, 5.41) is 18.9. The smallest absolute Gasteiger partial charge is 0.179 e. The molecule has 5 aromatic rings. The number of phenols is 1. The van der Waals surface area contributed by atoms with Crippen molar-refractivity contribution >= 4 is 34.6 Å². The minimum Gasteiger partial charge on any atom is -0.508 e. The number of benzene rings is 3. The van der Waals surface area contributed by atoms with Crippen LogP contribution in [0.25, 0.3) is 5.82 Å². The second kappa shape index (κ2) is 8.95. The van der Waals surface area contributed by atoms with Crippen LogP contribution in [-0.2, 0) is 0 Å². The van der Waals surface area contributed by atoms with Gasteiger partial charge in [-0.2, -0.15) is 9.78 Å². The van der Waals surface area contributed by atoms with Crippen molar-refractivity contribution in [1.29, 1.82) is 0 Å². The standard InChI is InChI=1S/C31H25N7O/c1-19-9-7-11-22(17-19)33-29-31-35-30-27(20(2)36-38(30)26-15-5-6-16-32-26)28(21-10-8-12-23(39)18-21)37(31)25-14-4-3-13-24(25)34-29/h3-18,28,39H,1-2H3,(H,33,34). The van der Waals surface area contributed by atoms with Gasteiger partial charge in [-0.05, 0) is 73.5 Å². The lowest BCUT2D eigenvalue weighted by Gasteiger charge is -2.40. The van der Waals surface area contributed by atoms with E-state index in [-0.39, 0.29) is 11.8 Å². The second-order valence-electron chi connectivity index (χ2n) is 9.67. The van der Waals surface area contributed by atoms with Crippen LogP contribution in [0, 0.1) is 13.8 Å². The van der Waals surface area contributed by atoms with Gasteiger partial charge in [-0.3, -0.25) is 0 Å². The molecule has 2 N–H and O–H groups in total. The highest BCUT2D eigenvalue weighted by molar-refractivity contribution is 6.51. The predicted octanol–water partition coefficient (Wildman–Crippen LogP) is 6.39. The first kappa shape index (κ1) is 22.9. The van der Waals surface area contributed by atoms with Gasteiger partial charge in [0.1, 0.15) is 5.75 Å². The van der Waals surface area contributed by atoms with Gasteiger partial charge >= 0.3 is 0 Å². The van der Waals surface area contributed by atoms with Crippen LogP contribution in [-0.4, -0.2) is 31.5 Å². The third kappa shape index (κ3) is 3.85. The van der Waals surface area contributed by atoms with E-state index in [0.717, 1.165) is 39.4 Å². The topological polar surface area (TPSA) is 90.9 Å². The summed E-state index contributed by atoms with van der Waals surface area (Å²) < 4.78 is 1.79. The van der Waals surface area contributed by atoms with Crippen LogP contribution in [0.15, 0.2) is 107 Å². The molecule has 1 unspecified atom stereocenters. The Bertz CT molecular complexity index is 1790. The summed E-state index contributed by atoms with van der Waals surface area (Å²) in [4.78, 5) is 17.0. The van der Waals surface area contributed by atoms with E-state index in [0.29, 0.717) is 23.3 Å². The number of anilines is 2. The molecule has 0 saturated carbocycles. The van der Waals surface area contributed by atoms with Gasteiger partial charge in [0.2, 0.25) is 0 Å². The molecule has 0 bridgehead atoms. The number of aromatic nitrogens is 3. The van der Waals surface area contributed by atoms with Gasteiger partial charge in [0.05, 0.1) is 23.1 Å². The van der Waals surface area contributed by atoms with Gasteiger partial charge in [0.25, 0.3) is 0 Å². The van der Waals surface area contributed by atoms with Crippen molar-refractivity contribution in [2.45, 2.75) is 19.9 Å². The zero-order valence-corrected chi connectivity index (χ0v) is 21.4. The Kier molecular flexibility index (Phi) is 5.26. The zero-order valence-electron chi connectivity index (χ0n) is 21.4. The van der Waals surface area contributed by atoms with E-state index in [9.17, 15) is 5.11 Å². The van der Waals surface area contributed by atoms with Crippen molar-refractivity contribution in [1.82, 2.24) is 14.8 Å². The van der Waals surface area contributed by atoms with Crippen molar-refractivity contribution in [2.24, 2.45) is 9.98 Å². The number of aromatic hydroxyl groups is 1. The molecule has 4 heterocycles. The summed E-state index contributed by atoms with van der Waals surface area (Å²) in [7, 11) is 0. The highest BCUT2D eigenvalue weighted by atomic mass is 16.3. The van der Waals surface area contributed by atoms with Crippen molar-refractivity contribution < 1.29 is 5.11 Å². The Morgan fingerprint density at radius 2 is 1.69 bits per heavy atom.